The predicted octanol–water partition coefficient (Wildman–Crippen LogP) is 4.13. The zero-order valence-electron chi connectivity index (χ0n) is 16.8. The quantitative estimate of drug-likeness (QED) is 0.633. The lowest BCUT2D eigenvalue weighted by Crippen LogP contribution is -2.42. The van der Waals surface area contributed by atoms with Gasteiger partial charge in [0.2, 0.25) is 0 Å². The largest absolute Gasteiger partial charge is 0.337 e. The second kappa shape index (κ2) is 8.03. The van der Waals surface area contributed by atoms with Crippen LogP contribution in [-0.2, 0) is 7.05 Å². The number of hydrogen-bond acceptors (Lipinski definition) is 3. The summed E-state index contributed by atoms with van der Waals surface area (Å²) >= 11 is 0. The van der Waals surface area contributed by atoms with Crippen LogP contribution < -0.4 is 0 Å². The van der Waals surface area contributed by atoms with Crippen LogP contribution in [0.2, 0.25) is 0 Å². The van der Waals surface area contributed by atoms with Gasteiger partial charge in [0.15, 0.2) is 11.5 Å². The van der Waals surface area contributed by atoms with Gasteiger partial charge in [0.05, 0.1) is 0 Å². The smallest absolute Gasteiger partial charge is 0.274 e. The Labute approximate surface area is 171 Å². The number of aromatic nitrogens is 2. The van der Waals surface area contributed by atoms with Crippen molar-refractivity contribution in [2.75, 3.05) is 13.1 Å². The van der Waals surface area contributed by atoms with E-state index in [1.54, 1.807) is 15.6 Å². The minimum Gasteiger partial charge on any atom is -0.337 e. The van der Waals surface area contributed by atoms with Crippen molar-refractivity contribution in [3.8, 4) is 11.1 Å². The van der Waals surface area contributed by atoms with E-state index >= 15 is 0 Å². The van der Waals surface area contributed by atoms with Gasteiger partial charge in [-0.1, -0.05) is 54.6 Å². The first-order chi connectivity index (χ1) is 14.0. The summed E-state index contributed by atoms with van der Waals surface area (Å²) in [5.74, 6) is -0.148. The van der Waals surface area contributed by atoms with Gasteiger partial charge in [-0.05, 0) is 37.0 Å². The van der Waals surface area contributed by atoms with Gasteiger partial charge in [0.1, 0.15) is 0 Å². The minimum absolute atomic E-state index is 0.0920. The number of piperidine rings is 1. The molecule has 4 rings (SSSR count). The fraction of sp³-hybridized carbons (Fsp3) is 0.292. The van der Waals surface area contributed by atoms with Crippen LogP contribution in [0.3, 0.4) is 0 Å². The third-order valence-corrected chi connectivity index (χ3v) is 5.69. The van der Waals surface area contributed by atoms with Crippen LogP contribution in [-0.4, -0.2) is 39.5 Å². The van der Waals surface area contributed by atoms with Crippen LogP contribution in [0.25, 0.3) is 11.1 Å². The number of benzene rings is 2. The lowest BCUT2D eigenvalue weighted by atomic mass is 9.89. The topological polar surface area (TPSA) is 55.2 Å². The highest BCUT2D eigenvalue weighted by molar-refractivity contribution is 5.99. The van der Waals surface area contributed by atoms with Gasteiger partial charge in [-0.2, -0.15) is 5.10 Å². The molecule has 1 aromatic heterocycles. The fourth-order valence-electron chi connectivity index (χ4n) is 3.90. The van der Waals surface area contributed by atoms with E-state index in [-0.39, 0.29) is 17.6 Å². The molecule has 1 amide bonds. The van der Waals surface area contributed by atoms with Gasteiger partial charge < -0.3 is 4.90 Å². The van der Waals surface area contributed by atoms with Crippen molar-refractivity contribution >= 4 is 11.7 Å². The first-order valence-electron chi connectivity index (χ1n) is 10.0. The number of hydrogen-bond donors (Lipinski definition) is 0. The van der Waals surface area contributed by atoms with Crippen LogP contribution in [0.5, 0.6) is 0 Å². The lowest BCUT2D eigenvalue weighted by molar-refractivity contribution is 0.0631. The van der Waals surface area contributed by atoms with Crippen LogP contribution in [0.1, 0.15) is 39.4 Å². The van der Waals surface area contributed by atoms with Crippen molar-refractivity contribution in [2.45, 2.75) is 19.8 Å². The molecule has 1 saturated heterocycles. The summed E-state index contributed by atoms with van der Waals surface area (Å²) in [6.07, 6.45) is 1.64. The minimum atomic E-state index is -0.167. The van der Waals surface area contributed by atoms with Crippen molar-refractivity contribution in [1.29, 1.82) is 0 Å². The Morgan fingerprint density at radius 2 is 1.69 bits per heavy atom. The molecule has 3 aromatic rings. The number of Topliss-reactive ketones (excluding diaryl/α,β-unsaturated/α-hetero) is 1. The predicted molar refractivity (Wildman–Crippen MR) is 113 cm³/mol. The molecule has 0 aliphatic carbocycles. The van der Waals surface area contributed by atoms with Gasteiger partial charge in [-0.15, -0.1) is 0 Å². The molecule has 2 aromatic carbocycles. The first kappa shape index (κ1) is 19.1. The zero-order chi connectivity index (χ0) is 20.4. The number of aryl methyl sites for hydroxylation is 2. The Hall–Kier alpha value is -3.21. The molecule has 0 spiro atoms. The normalized spacial score (nSPS) is 16.6. The number of likely N-dealkylation sites (tertiary alicyclic amines) is 1. The average Bonchev–Trinajstić information content (AvgIpc) is 3.12. The lowest BCUT2D eigenvalue weighted by Gasteiger charge is -2.31. The molecule has 0 saturated carbocycles. The Kier molecular flexibility index (Phi) is 5.30. The highest BCUT2D eigenvalue weighted by atomic mass is 16.2. The third kappa shape index (κ3) is 3.99. The van der Waals surface area contributed by atoms with Gasteiger partial charge in [-0.3, -0.25) is 14.3 Å². The monoisotopic (exact) mass is 387 g/mol. The molecule has 1 fully saturated rings. The second-order valence-corrected chi connectivity index (χ2v) is 7.69. The van der Waals surface area contributed by atoms with E-state index in [2.05, 4.69) is 17.2 Å². The summed E-state index contributed by atoms with van der Waals surface area (Å²) < 4.78 is 1.70. The summed E-state index contributed by atoms with van der Waals surface area (Å²) in [4.78, 5) is 27.6. The van der Waals surface area contributed by atoms with Gasteiger partial charge in [-0.25, -0.2) is 0 Å². The van der Waals surface area contributed by atoms with E-state index in [0.29, 0.717) is 24.3 Å². The second-order valence-electron chi connectivity index (χ2n) is 7.69. The van der Waals surface area contributed by atoms with Crippen molar-refractivity contribution in [2.24, 2.45) is 13.0 Å². The van der Waals surface area contributed by atoms with E-state index in [1.165, 1.54) is 0 Å². The molecular formula is C24H25N3O2. The van der Waals surface area contributed by atoms with Crippen molar-refractivity contribution < 1.29 is 9.59 Å². The molecular weight excluding hydrogens is 362 g/mol. The summed E-state index contributed by atoms with van der Waals surface area (Å²) in [5.41, 5.74) is 4.32. The number of ketones is 1. The van der Waals surface area contributed by atoms with Gasteiger partial charge >= 0.3 is 0 Å². The van der Waals surface area contributed by atoms with Crippen LogP contribution in [0.4, 0.5) is 0 Å². The van der Waals surface area contributed by atoms with E-state index in [9.17, 15) is 9.59 Å². The molecule has 5 nitrogen and oxygen atoms in total. The number of carbonyl (C=O) groups excluding carboxylic acids is 2. The molecule has 5 heteroatoms. The summed E-state index contributed by atoms with van der Waals surface area (Å²) in [6.45, 7) is 3.05. The highest BCUT2D eigenvalue weighted by Gasteiger charge is 2.30. The summed E-state index contributed by atoms with van der Waals surface area (Å²) in [5, 5.41) is 4.29. The van der Waals surface area contributed by atoms with Crippen LogP contribution in [0.15, 0.2) is 60.7 Å². The van der Waals surface area contributed by atoms with E-state index in [4.69, 9.17) is 0 Å². The summed E-state index contributed by atoms with van der Waals surface area (Å²) in [6, 6.07) is 19.7. The molecule has 148 valence electrons. The van der Waals surface area contributed by atoms with Gasteiger partial charge in [0, 0.05) is 37.3 Å². The fourth-order valence-corrected chi connectivity index (χ4v) is 3.90. The molecule has 1 aliphatic rings. The maximum Gasteiger partial charge on any atom is 0.274 e. The Morgan fingerprint density at radius 3 is 2.34 bits per heavy atom. The molecule has 1 atom stereocenters. The van der Waals surface area contributed by atoms with Crippen molar-refractivity contribution in [3.63, 3.8) is 0 Å². The number of nitrogens with zero attached hydrogens (tertiary/aromatic N) is 3. The van der Waals surface area contributed by atoms with Gasteiger partial charge in [0.25, 0.3) is 5.91 Å². The Morgan fingerprint density at radius 1 is 1.00 bits per heavy atom. The third-order valence-electron chi connectivity index (χ3n) is 5.69. The average molecular weight is 387 g/mol. The van der Waals surface area contributed by atoms with Crippen LogP contribution >= 0.6 is 0 Å². The number of carbonyl (C=O) groups is 2. The standard InChI is InChI=1S/C24H25N3O2/c1-17-15-22(25-26(17)2)24(29)27-14-6-9-21(16-27)23(28)20-12-10-19(11-13-20)18-7-4-3-5-8-18/h3-5,7-8,10-13,15,21H,6,9,14,16H2,1-2H3/t21-/m0/s1. The first-order valence-corrected chi connectivity index (χ1v) is 10.0. The van der Waals surface area contributed by atoms with E-state index in [1.807, 2.05) is 56.4 Å². The molecule has 1 aliphatic heterocycles. The van der Waals surface area contributed by atoms with E-state index in [0.717, 1.165) is 29.7 Å². The highest BCUT2D eigenvalue weighted by Crippen LogP contribution is 2.25. The maximum atomic E-state index is 13.1. The number of rotatable bonds is 4. The van der Waals surface area contributed by atoms with E-state index < -0.39 is 0 Å². The SMILES string of the molecule is Cc1cc(C(=O)N2CCC[C@H](C(=O)c3ccc(-c4ccccc4)cc3)C2)nn1C. The van der Waals surface area contributed by atoms with Crippen molar-refractivity contribution in [1.82, 2.24) is 14.7 Å². The van der Waals surface area contributed by atoms with Crippen molar-refractivity contribution in [3.05, 3.63) is 77.6 Å². The molecule has 0 N–H and O–H groups in total. The van der Waals surface area contributed by atoms with Crippen LogP contribution in [0, 0.1) is 12.8 Å². The Balaban J connectivity index is 1.46. The maximum absolute atomic E-state index is 13.1. The Bertz CT molecular complexity index is 1000. The molecule has 0 radical (unpaired) electrons. The summed E-state index contributed by atoms with van der Waals surface area (Å²) in [7, 11) is 1.83. The zero-order valence-corrected chi connectivity index (χ0v) is 16.8. The molecule has 29 heavy (non-hydrogen) atoms. The molecule has 0 unspecified atom stereocenters. The number of amides is 1. The molecule has 2 heterocycles. The molecule has 0 bridgehead atoms.